The maximum Gasteiger partial charge on any atom is 0.490 e. The van der Waals surface area contributed by atoms with Crippen LogP contribution in [0.2, 0.25) is 0 Å². The lowest BCUT2D eigenvalue weighted by molar-refractivity contribution is -0.526. The van der Waals surface area contributed by atoms with Crippen LogP contribution in [0.25, 0.3) is 4.85 Å². The molecule has 3 rings (SSSR count). The van der Waals surface area contributed by atoms with Gasteiger partial charge in [0.2, 0.25) is 6.79 Å². The van der Waals surface area contributed by atoms with Crippen LogP contribution in [0.4, 0.5) is 32.0 Å². The second-order valence-corrected chi connectivity index (χ2v) is 13.4. The Kier molecular flexibility index (Phi) is 44.7. The first-order chi connectivity index (χ1) is 34.0. The van der Waals surface area contributed by atoms with Gasteiger partial charge in [0.1, 0.15) is 6.79 Å². The normalized spacial score (nSPS) is 9.64. The molecule has 3 aromatic rings. The van der Waals surface area contributed by atoms with Crippen LogP contribution in [-0.2, 0) is 23.7 Å². The van der Waals surface area contributed by atoms with E-state index in [0.29, 0.717) is 22.4 Å². The van der Waals surface area contributed by atoms with Gasteiger partial charge >= 0.3 is 30.5 Å². The molecule has 0 unspecified atom stereocenters. The van der Waals surface area contributed by atoms with E-state index >= 15 is 0 Å². The zero-order chi connectivity index (χ0) is 56.0. The number of carbonyl (C=O) groups is 3. The molecule has 0 saturated heterocycles. The van der Waals surface area contributed by atoms with E-state index in [2.05, 4.69) is 74.3 Å². The number of ether oxygens (including phenoxy) is 5. The zero-order valence-corrected chi connectivity index (χ0v) is 42.2. The van der Waals surface area contributed by atoms with Crippen molar-refractivity contribution in [2.75, 3.05) is 51.8 Å². The fraction of sp³-hybridized carbons (Fsp3) is 0.388. The predicted molar refractivity (Wildman–Crippen MR) is 259 cm³/mol. The Hall–Kier alpha value is -6.37. The van der Waals surface area contributed by atoms with E-state index in [1.807, 2.05) is 12.1 Å². The molecular formula is C49H53Cl3F6N4O10. The number of aliphatic hydroxyl groups is 2. The summed E-state index contributed by atoms with van der Waals surface area (Å²) in [4.78, 5) is 39.5. The van der Waals surface area contributed by atoms with Crippen molar-refractivity contribution < 1.29 is 74.6 Å². The number of nitriles is 2. The van der Waals surface area contributed by atoms with Crippen molar-refractivity contribution in [2.45, 2.75) is 72.9 Å². The number of carbonyl (C=O) groups excluding carboxylic acids is 3. The Bertz CT molecular complexity index is 2200. The zero-order valence-electron chi connectivity index (χ0n) is 39.9. The van der Waals surface area contributed by atoms with Crippen molar-refractivity contribution in [2.24, 2.45) is 0 Å². The van der Waals surface area contributed by atoms with E-state index in [1.54, 1.807) is 19.1 Å². The molecule has 72 heavy (non-hydrogen) atoms. The van der Waals surface area contributed by atoms with Crippen LogP contribution in [0.1, 0.15) is 96.6 Å². The third-order valence-corrected chi connectivity index (χ3v) is 7.53. The number of hydrogen-bond acceptors (Lipinski definition) is 13. The van der Waals surface area contributed by atoms with Crippen LogP contribution in [0.15, 0.2) is 72.8 Å². The number of hydrogen-bond donors (Lipinski definition) is 2. The van der Waals surface area contributed by atoms with Crippen molar-refractivity contribution in [3.05, 3.63) is 112 Å². The number of aliphatic hydroxyl groups excluding tert-OH is 1. The third-order valence-electron chi connectivity index (χ3n) is 7.31. The van der Waals surface area contributed by atoms with Gasteiger partial charge in [-0.25, -0.2) is 19.2 Å². The largest absolute Gasteiger partial charge is 0.490 e. The molecule has 392 valence electrons. The second kappa shape index (κ2) is 44.6. The summed E-state index contributed by atoms with van der Waals surface area (Å²) < 4.78 is 95.8. The van der Waals surface area contributed by atoms with Crippen LogP contribution >= 0.6 is 34.8 Å². The summed E-state index contributed by atoms with van der Waals surface area (Å²) >= 11 is 14.7. The van der Waals surface area contributed by atoms with Crippen LogP contribution in [-0.4, -0.2) is 103 Å². The first kappa shape index (κ1) is 72.2. The van der Waals surface area contributed by atoms with Gasteiger partial charge in [-0.05, 0) is 123 Å². The summed E-state index contributed by atoms with van der Waals surface area (Å²) in [6, 6.07) is 21.8. The molecule has 23 heteroatoms. The number of terminal acetylenes is 1. The number of benzene rings is 3. The fourth-order valence-electron chi connectivity index (χ4n) is 3.91. The quantitative estimate of drug-likeness (QED) is 0.0247. The van der Waals surface area contributed by atoms with E-state index in [-0.39, 0.29) is 29.3 Å². The van der Waals surface area contributed by atoms with Crippen molar-refractivity contribution in [3.63, 3.8) is 0 Å². The lowest BCUT2D eigenvalue weighted by Crippen LogP contribution is -2.49. The number of alkyl halides is 8. The first-order valence-electron chi connectivity index (χ1n) is 20.6. The van der Waals surface area contributed by atoms with E-state index in [9.17, 15) is 40.7 Å². The van der Waals surface area contributed by atoms with E-state index < -0.39 is 62.5 Å². The Morgan fingerprint density at radius 1 is 0.694 bits per heavy atom. The molecule has 0 aliphatic heterocycles. The van der Waals surface area contributed by atoms with Crippen LogP contribution < -0.4 is 0 Å². The highest BCUT2D eigenvalue weighted by Crippen LogP contribution is 2.40. The van der Waals surface area contributed by atoms with Crippen LogP contribution in [0.5, 0.6) is 0 Å². The maximum absolute atomic E-state index is 12.8. The third kappa shape index (κ3) is 36.6. The number of nitrogens with zero attached hydrogens (tertiary/aromatic N) is 4. The molecular weight excluding hydrogens is 1020 g/mol. The van der Waals surface area contributed by atoms with Gasteiger partial charge in [-0.1, -0.05) is 64.8 Å². The molecule has 0 bridgehead atoms. The molecule has 0 heterocycles. The minimum Gasteiger partial charge on any atom is -0.424 e. The average molecular weight is 1080 g/mol. The predicted octanol–water partition coefficient (Wildman–Crippen LogP) is 11.0. The van der Waals surface area contributed by atoms with Gasteiger partial charge in [-0.3, -0.25) is 9.53 Å². The highest BCUT2D eigenvalue weighted by molar-refractivity contribution is 6.67. The molecule has 0 amide bonds. The van der Waals surface area contributed by atoms with E-state index in [4.69, 9.17) is 78.0 Å². The molecule has 0 aliphatic carbocycles. The van der Waals surface area contributed by atoms with Gasteiger partial charge in [0, 0.05) is 5.56 Å². The second-order valence-electron chi connectivity index (χ2n) is 12.2. The summed E-state index contributed by atoms with van der Waals surface area (Å²) in [5, 5.41) is 31.0. The Morgan fingerprint density at radius 2 is 1.08 bits per heavy atom. The van der Waals surface area contributed by atoms with Gasteiger partial charge in [-0.2, -0.15) is 28.1 Å². The monoisotopic (exact) mass is 1080 g/mol. The van der Waals surface area contributed by atoms with Crippen molar-refractivity contribution >= 4 is 57.7 Å². The van der Waals surface area contributed by atoms with Crippen LogP contribution in [0.3, 0.4) is 0 Å². The van der Waals surface area contributed by atoms with Gasteiger partial charge in [0.05, 0.1) is 59.5 Å². The summed E-state index contributed by atoms with van der Waals surface area (Å²) in [5.74, 6) is 10.7. The number of esters is 2. The summed E-state index contributed by atoms with van der Waals surface area (Å²) in [7, 11) is 0. The Labute approximate surface area is 431 Å². The molecule has 0 fully saturated rings. The molecule has 0 saturated carbocycles. The average Bonchev–Trinajstić information content (AvgIpc) is 3.36. The van der Waals surface area contributed by atoms with Gasteiger partial charge < -0.3 is 29.3 Å². The molecule has 0 aliphatic rings. The molecule has 0 radical (unpaired) electrons. The smallest absolute Gasteiger partial charge is 0.424 e. The Morgan fingerprint density at radius 3 is 1.40 bits per heavy atom. The van der Waals surface area contributed by atoms with E-state index in [1.165, 1.54) is 94.1 Å². The topological polar surface area (TPSA) is 193 Å². The molecule has 3 aromatic carbocycles. The molecule has 0 atom stereocenters. The van der Waals surface area contributed by atoms with Gasteiger partial charge in [0.25, 0.3) is 5.24 Å². The summed E-state index contributed by atoms with van der Waals surface area (Å²) in [6.07, 6.45) is -10.6. The minimum absolute atomic E-state index is 0.00833. The Balaban J connectivity index is -0.000000417. The minimum atomic E-state index is -5.50. The standard InChI is InChI=1S/C17H10N2O4.C9H14F6O3.C8H4ClNO.C7H4.C6H15N.CH2Cl2.CH4O2/c1-19-15-8-6-14(7-9-15)17(21)23-11-22-16(20)13-4-2-12(10-18)3-5-13;1-3-5-16-7(10,11)8(12,13)18-9(14,15)17-6-4-2;9-8(11)7-3-1-6(5-10)2-4-7;1-3-5-7-6-4-2;1-4-7(5-2)6-3;2*2-1-3/h2-9H,11H2;3-6H2,1-2H3;1-4H;1H,2H3;4-6H2,1-3H3;1H2;2-3H,1H2. The van der Waals surface area contributed by atoms with Crippen molar-refractivity contribution in [3.8, 4) is 48.2 Å². The molecule has 14 nitrogen and oxygen atoms in total. The molecule has 0 spiro atoms. The van der Waals surface area contributed by atoms with Gasteiger partial charge in [-0.15, -0.1) is 38.4 Å². The molecule has 2 N–H and O–H groups in total. The number of halogens is 9. The summed E-state index contributed by atoms with van der Waals surface area (Å²) in [5.41, 5.74) is 2.27. The van der Waals surface area contributed by atoms with Crippen molar-refractivity contribution in [1.29, 1.82) is 10.5 Å². The first-order valence-corrected chi connectivity index (χ1v) is 22.1. The lowest BCUT2D eigenvalue weighted by Gasteiger charge is -2.28. The van der Waals surface area contributed by atoms with Crippen LogP contribution in [0, 0.1) is 65.3 Å². The number of rotatable bonds is 17. The maximum atomic E-state index is 12.8. The fourth-order valence-corrected chi connectivity index (χ4v) is 4.03. The highest BCUT2D eigenvalue weighted by Gasteiger charge is 2.64. The SMILES string of the molecule is C#CC#CC#CC.CCCOC(F)(F)OC(F)(F)C(F)(F)OCCC.CCN(CC)CC.ClCCl.N#Cc1ccc(C(=O)Cl)cc1.OCO.[C-]#[N+]c1ccc(C(=O)OCOC(=O)c2ccc(C#N)cc2)cc1. The lowest BCUT2D eigenvalue weighted by atomic mass is 10.1. The molecule has 0 aromatic heterocycles. The van der Waals surface area contributed by atoms with E-state index in [0.717, 1.165) is 0 Å². The van der Waals surface area contributed by atoms with Crippen molar-refractivity contribution in [1.82, 2.24) is 4.90 Å². The summed E-state index contributed by atoms with van der Waals surface area (Å²) in [6.45, 7) is 18.8. The highest BCUT2D eigenvalue weighted by atomic mass is 35.5. The van der Waals surface area contributed by atoms with Gasteiger partial charge in [0.15, 0.2) is 5.69 Å².